The number of esters is 1. The van der Waals surface area contributed by atoms with Crippen molar-refractivity contribution < 1.29 is 14.3 Å². The van der Waals surface area contributed by atoms with E-state index in [1.54, 1.807) is 14.0 Å². The molecule has 22 heavy (non-hydrogen) atoms. The average molecular weight is 299 g/mol. The Morgan fingerprint density at radius 3 is 2.27 bits per heavy atom. The van der Waals surface area contributed by atoms with Gasteiger partial charge in [0.15, 0.2) is 6.04 Å². The van der Waals surface area contributed by atoms with Crippen molar-refractivity contribution in [2.75, 3.05) is 19.0 Å². The van der Waals surface area contributed by atoms with Crippen LogP contribution < -0.4 is 10.1 Å². The van der Waals surface area contributed by atoms with Gasteiger partial charge in [-0.1, -0.05) is 29.8 Å². The highest BCUT2D eigenvalue weighted by atomic mass is 16.5. The molecular weight excluding hydrogens is 278 g/mol. The van der Waals surface area contributed by atoms with E-state index in [0.29, 0.717) is 6.61 Å². The topological polar surface area (TPSA) is 47.6 Å². The second-order valence-electron chi connectivity index (χ2n) is 4.97. The van der Waals surface area contributed by atoms with Crippen LogP contribution in [-0.2, 0) is 9.53 Å². The summed E-state index contributed by atoms with van der Waals surface area (Å²) in [6.45, 7) is 4.17. The summed E-state index contributed by atoms with van der Waals surface area (Å²) in [7, 11) is 1.62. The van der Waals surface area contributed by atoms with Crippen LogP contribution in [0.1, 0.15) is 24.1 Å². The first kappa shape index (κ1) is 15.9. The minimum Gasteiger partial charge on any atom is -0.497 e. The summed E-state index contributed by atoms with van der Waals surface area (Å²) in [6.07, 6.45) is 0. The lowest BCUT2D eigenvalue weighted by molar-refractivity contribution is -0.144. The third kappa shape index (κ3) is 4.01. The highest BCUT2D eigenvalue weighted by Crippen LogP contribution is 2.23. The number of rotatable bonds is 6. The van der Waals surface area contributed by atoms with Crippen molar-refractivity contribution in [3.05, 3.63) is 59.7 Å². The van der Waals surface area contributed by atoms with Gasteiger partial charge in [-0.3, -0.25) is 0 Å². The number of aryl methyl sites for hydroxylation is 1. The SMILES string of the molecule is CCOC(=O)C(Nc1ccc(OC)cc1)c1ccc(C)cc1. The van der Waals surface area contributed by atoms with Crippen molar-refractivity contribution in [2.24, 2.45) is 0 Å². The Balaban J connectivity index is 2.23. The van der Waals surface area contributed by atoms with Crippen molar-refractivity contribution in [1.82, 2.24) is 0 Å². The molecule has 0 fully saturated rings. The lowest BCUT2D eigenvalue weighted by Crippen LogP contribution is -2.23. The average Bonchev–Trinajstić information content (AvgIpc) is 2.54. The molecule has 2 rings (SSSR count). The highest BCUT2D eigenvalue weighted by Gasteiger charge is 2.21. The maximum Gasteiger partial charge on any atom is 0.333 e. The fourth-order valence-electron chi connectivity index (χ4n) is 2.12. The second-order valence-corrected chi connectivity index (χ2v) is 4.97. The van der Waals surface area contributed by atoms with Crippen molar-refractivity contribution in [2.45, 2.75) is 19.9 Å². The van der Waals surface area contributed by atoms with Crippen molar-refractivity contribution >= 4 is 11.7 Å². The number of ether oxygens (including phenoxy) is 2. The number of hydrogen-bond acceptors (Lipinski definition) is 4. The Morgan fingerprint density at radius 1 is 1.09 bits per heavy atom. The van der Waals surface area contributed by atoms with Crippen LogP contribution in [0.2, 0.25) is 0 Å². The van der Waals surface area contributed by atoms with Crippen LogP contribution in [0.15, 0.2) is 48.5 Å². The largest absolute Gasteiger partial charge is 0.497 e. The number of carbonyl (C=O) groups is 1. The van der Waals surface area contributed by atoms with Crippen LogP contribution in [-0.4, -0.2) is 19.7 Å². The van der Waals surface area contributed by atoms with E-state index in [1.165, 1.54) is 0 Å². The molecule has 0 aromatic heterocycles. The third-order valence-corrected chi connectivity index (χ3v) is 3.33. The summed E-state index contributed by atoms with van der Waals surface area (Å²) < 4.78 is 10.3. The highest BCUT2D eigenvalue weighted by molar-refractivity contribution is 5.81. The van der Waals surface area contributed by atoms with E-state index in [4.69, 9.17) is 9.47 Å². The normalized spacial score (nSPS) is 11.6. The van der Waals surface area contributed by atoms with Gasteiger partial charge in [0.2, 0.25) is 0 Å². The number of methoxy groups -OCH3 is 1. The number of nitrogens with one attached hydrogen (secondary N) is 1. The predicted octanol–water partition coefficient (Wildman–Crippen LogP) is 3.72. The molecule has 1 N–H and O–H groups in total. The van der Waals surface area contributed by atoms with Gasteiger partial charge >= 0.3 is 5.97 Å². The Kier molecular flexibility index (Phi) is 5.42. The van der Waals surface area contributed by atoms with E-state index >= 15 is 0 Å². The first-order valence-electron chi connectivity index (χ1n) is 7.28. The Labute approximate surface area is 131 Å². The van der Waals surface area contributed by atoms with E-state index in [9.17, 15) is 4.79 Å². The summed E-state index contributed by atoms with van der Waals surface area (Å²) in [5.41, 5.74) is 2.86. The molecule has 4 nitrogen and oxygen atoms in total. The summed E-state index contributed by atoms with van der Waals surface area (Å²) >= 11 is 0. The van der Waals surface area contributed by atoms with Gasteiger partial charge in [0.05, 0.1) is 13.7 Å². The van der Waals surface area contributed by atoms with Crippen LogP contribution in [0, 0.1) is 6.92 Å². The molecule has 0 bridgehead atoms. The van der Waals surface area contributed by atoms with Crippen molar-refractivity contribution in [3.63, 3.8) is 0 Å². The molecule has 0 amide bonds. The van der Waals surface area contributed by atoms with E-state index in [0.717, 1.165) is 22.6 Å². The summed E-state index contributed by atoms with van der Waals surface area (Å²) in [5, 5.41) is 3.22. The molecule has 0 aliphatic carbocycles. The summed E-state index contributed by atoms with van der Waals surface area (Å²) in [5.74, 6) is 0.482. The van der Waals surface area contributed by atoms with Crippen LogP contribution in [0.25, 0.3) is 0 Å². The van der Waals surface area contributed by atoms with E-state index in [1.807, 2.05) is 55.5 Å². The predicted molar refractivity (Wildman–Crippen MR) is 87.2 cm³/mol. The molecule has 2 aromatic carbocycles. The monoisotopic (exact) mass is 299 g/mol. The van der Waals surface area contributed by atoms with Crippen LogP contribution in [0.3, 0.4) is 0 Å². The van der Waals surface area contributed by atoms with Gasteiger partial charge in [0.1, 0.15) is 5.75 Å². The van der Waals surface area contributed by atoms with Gasteiger partial charge in [-0.15, -0.1) is 0 Å². The number of carbonyl (C=O) groups excluding carboxylic acids is 1. The zero-order valence-electron chi connectivity index (χ0n) is 13.1. The standard InChI is InChI=1S/C18H21NO3/c1-4-22-18(20)17(14-7-5-13(2)6-8-14)19-15-9-11-16(21-3)12-10-15/h5-12,17,19H,4H2,1-3H3. The molecule has 116 valence electrons. The zero-order chi connectivity index (χ0) is 15.9. The molecule has 1 unspecified atom stereocenters. The zero-order valence-corrected chi connectivity index (χ0v) is 13.1. The molecular formula is C18H21NO3. The van der Waals surface area contributed by atoms with Crippen molar-refractivity contribution in [1.29, 1.82) is 0 Å². The van der Waals surface area contributed by atoms with Gasteiger partial charge in [0, 0.05) is 5.69 Å². The minimum absolute atomic E-state index is 0.290. The minimum atomic E-state index is -0.533. The Hall–Kier alpha value is -2.49. The quantitative estimate of drug-likeness (QED) is 0.826. The number of anilines is 1. The Bertz CT molecular complexity index is 605. The fourth-order valence-corrected chi connectivity index (χ4v) is 2.12. The molecule has 0 aliphatic heterocycles. The molecule has 4 heteroatoms. The molecule has 0 saturated heterocycles. The van der Waals surface area contributed by atoms with Crippen LogP contribution >= 0.6 is 0 Å². The first-order valence-corrected chi connectivity index (χ1v) is 7.28. The lowest BCUT2D eigenvalue weighted by Gasteiger charge is -2.19. The molecule has 1 atom stereocenters. The first-order chi connectivity index (χ1) is 10.6. The lowest BCUT2D eigenvalue weighted by atomic mass is 10.0. The van der Waals surface area contributed by atoms with Gasteiger partial charge in [-0.25, -0.2) is 4.79 Å². The van der Waals surface area contributed by atoms with E-state index in [-0.39, 0.29) is 5.97 Å². The van der Waals surface area contributed by atoms with Crippen molar-refractivity contribution in [3.8, 4) is 5.75 Å². The molecule has 0 radical (unpaired) electrons. The number of benzene rings is 2. The van der Waals surface area contributed by atoms with Crippen LogP contribution in [0.5, 0.6) is 5.75 Å². The maximum absolute atomic E-state index is 12.2. The molecule has 0 spiro atoms. The van der Waals surface area contributed by atoms with Gasteiger partial charge in [-0.2, -0.15) is 0 Å². The smallest absolute Gasteiger partial charge is 0.333 e. The van der Waals surface area contributed by atoms with E-state index in [2.05, 4.69) is 5.32 Å². The second kappa shape index (κ2) is 7.50. The van der Waals surface area contributed by atoms with E-state index < -0.39 is 6.04 Å². The third-order valence-electron chi connectivity index (χ3n) is 3.33. The summed E-state index contributed by atoms with van der Waals surface area (Å²) in [6, 6.07) is 14.8. The van der Waals surface area contributed by atoms with Gasteiger partial charge < -0.3 is 14.8 Å². The molecule has 0 saturated carbocycles. The Morgan fingerprint density at radius 2 is 1.73 bits per heavy atom. The maximum atomic E-state index is 12.2. The summed E-state index contributed by atoms with van der Waals surface area (Å²) in [4.78, 5) is 12.2. The molecule has 0 aliphatic rings. The van der Waals surface area contributed by atoms with Crippen LogP contribution in [0.4, 0.5) is 5.69 Å². The molecule has 2 aromatic rings. The van der Waals surface area contributed by atoms with Gasteiger partial charge in [0.25, 0.3) is 0 Å². The molecule has 0 heterocycles. The number of hydrogen-bond donors (Lipinski definition) is 1. The van der Waals surface area contributed by atoms with Gasteiger partial charge in [-0.05, 0) is 43.7 Å². The fraction of sp³-hybridized carbons (Fsp3) is 0.278.